The Morgan fingerprint density at radius 1 is 1.05 bits per heavy atom. The van der Waals surface area contributed by atoms with Crippen molar-refractivity contribution < 1.29 is 23.9 Å². The molecule has 0 bridgehead atoms. The smallest absolute Gasteiger partial charge is 0.308 e. The first-order chi connectivity index (χ1) is 8.72. The molecule has 0 aliphatic heterocycles. The van der Waals surface area contributed by atoms with Crippen LogP contribution < -0.4 is 4.74 Å². The first kappa shape index (κ1) is 14.9. The monoisotopic (exact) mass is 264 g/mol. The molecule has 0 aromatic heterocycles. The Morgan fingerprint density at radius 3 is 2.21 bits per heavy atom. The van der Waals surface area contributed by atoms with E-state index in [1.165, 1.54) is 33.8 Å². The Labute approximate surface area is 111 Å². The van der Waals surface area contributed by atoms with Crippen LogP contribution in [0.4, 0.5) is 0 Å². The molecule has 5 nitrogen and oxygen atoms in total. The summed E-state index contributed by atoms with van der Waals surface area (Å²) in [5.41, 5.74) is -0.953. The minimum atomic E-state index is -1.26. The van der Waals surface area contributed by atoms with Gasteiger partial charge in [-0.15, -0.1) is 0 Å². The first-order valence-electron chi connectivity index (χ1n) is 5.75. The minimum absolute atomic E-state index is 0.275. The number of rotatable bonds is 4. The van der Waals surface area contributed by atoms with Gasteiger partial charge in [0.15, 0.2) is 5.60 Å². The summed E-state index contributed by atoms with van der Waals surface area (Å²) >= 11 is 0. The van der Waals surface area contributed by atoms with Crippen LogP contribution in [0.3, 0.4) is 0 Å². The summed E-state index contributed by atoms with van der Waals surface area (Å²) in [6, 6.07) is 6.17. The second kappa shape index (κ2) is 5.65. The number of carbonyl (C=O) groups excluding carboxylic acids is 3. The van der Waals surface area contributed by atoms with Gasteiger partial charge in [0.2, 0.25) is 5.78 Å². The van der Waals surface area contributed by atoms with E-state index < -0.39 is 17.5 Å². The molecule has 0 saturated carbocycles. The average molecular weight is 264 g/mol. The predicted octanol–water partition coefficient (Wildman–Crippen LogP) is 2.14. The zero-order valence-electron chi connectivity index (χ0n) is 11.4. The van der Waals surface area contributed by atoms with Crippen molar-refractivity contribution in [3.8, 4) is 5.75 Å². The number of esters is 2. The lowest BCUT2D eigenvalue weighted by molar-refractivity contribution is -0.149. The Balaban J connectivity index is 2.99. The third-order valence-corrected chi connectivity index (χ3v) is 2.30. The highest BCUT2D eigenvalue weighted by Gasteiger charge is 2.32. The quantitative estimate of drug-likeness (QED) is 0.473. The topological polar surface area (TPSA) is 69.7 Å². The summed E-state index contributed by atoms with van der Waals surface area (Å²) < 4.78 is 9.88. The van der Waals surface area contributed by atoms with Crippen LogP contribution in [0.5, 0.6) is 5.75 Å². The lowest BCUT2D eigenvalue weighted by Crippen LogP contribution is -2.36. The van der Waals surface area contributed by atoms with E-state index in [1.807, 2.05) is 0 Å². The van der Waals surface area contributed by atoms with Gasteiger partial charge in [0, 0.05) is 19.4 Å². The summed E-state index contributed by atoms with van der Waals surface area (Å²) in [4.78, 5) is 34.0. The Kier molecular flexibility index (Phi) is 4.43. The van der Waals surface area contributed by atoms with Crippen LogP contribution in [-0.4, -0.2) is 23.3 Å². The molecule has 0 aliphatic carbocycles. The molecule has 0 N–H and O–H groups in total. The van der Waals surface area contributed by atoms with Crippen LogP contribution in [0.2, 0.25) is 0 Å². The SMILES string of the molecule is CC(=O)Oc1cccc(C(=O)C(C)(C)OC(C)=O)c1. The van der Waals surface area contributed by atoms with Gasteiger partial charge in [-0.2, -0.15) is 0 Å². The van der Waals surface area contributed by atoms with Crippen molar-refractivity contribution in [2.45, 2.75) is 33.3 Å². The van der Waals surface area contributed by atoms with Gasteiger partial charge in [-0.3, -0.25) is 14.4 Å². The number of carbonyl (C=O) groups is 3. The number of hydrogen-bond acceptors (Lipinski definition) is 5. The normalized spacial score (nSPS) is 10.7. The maximum absolute atomic E-state index is 12.2. The van der Waals surface area contributed by atoms with E-state index in [0.29, 0.717) is 5.56 Å². The van der Waals surface area contributed by atoms with Gasteiger partial charge in [-0.1, -0.05) is 12.1 Å². The molecule has 1 rings (SSSR count). The third kappa shape index (κ3) is 4.21. The van der Waals surface area contributed by atoms with Crippen molar-refractivity contribution >= 4 is 17.7 Å². The van der Waals surface area contributed by atoms with Crippen LogP contribution in [0.25, 0.3) is 0 Å². The van der Waals surface area contributed by atoms with Crippen LogP contribution in [0, 0.1) is 0 Å². The van der Waals surface area contributed by atoms with Gasteiger partial charge >= 0.3 is 11.9 Å². The zero-order chi connectivity index (χ0) is 14.6. The van der Waals surface area contributed by atoms with E-state index in [0.717, 1.165) is 0 Å². The second-order valence-electron chi connectivity index (χ2n) is 4.55. The van der Waals surface area contributed by atoms with Crippen molar-refractivity contribution in [3.63, 3.8) is 0 Å². The highest BCUT2D eigenvalue weighted by Crippen LogP contribution is 2.21. The Morgan fingerprint density at radius 2 is 1.68 bits per heavy atom. The molecule has 0 unspecified atom stereocenters. The number of ketones is 1. The summed E-state index contributed by atoms with van der Waals surface area (Å²) in [7, 11) is 0. The number of hydrogen-bond donors (Lipinski definition) is 0. The maximum Gasteiger partial charge on any atom is 0.308 e. The van der Waals surface area contributed by atoms with E-state index in [-0.39, 0.29) is 11.5 Å². The molecule has 19 heavy (non-hydrogen) atoms. The fraction of sp³-hybridized carbons (Fsp3) is 0.357. The van der Waals surface area contributed by atoms with Crippen molar-refractivity contribution in [2.75, 3.05) is 0 Å². The number of ether oxygens (including phenoxy) is 2. The van der Waals surface area contributed by atoms with Gasteiger partial charge in [0.05, 0.1) is 0 Å². The molecule has 0 spiro atoms. The summed E-state index contributed by atoms with van der Waals surface area (Å²) in [5, 5.41) is 0. The van der Waals surface area contributed by atoms with E-state index in [9.17, 15) is 14.4 Å². The van der Waals surface area contributed by atoms with Gasteiger partial charge in [0.25, 0.3) is 0 Å². The summed E-state index contributed by atoms with van der Waals surface area (Å²) in [6.45, 7) is 5.53. The Hall–Kier alpha value is -2.17. The number of benzene rings is 1. The lowest BCUT2D eigenvalue weighted by atomic mass is 9.96. The van der Waals surface area contributed by atoms with Crippen LogP contribution in [-0.2, 0) is 14.3 Å². The van der Waals surface area contributed by atoms with Crippen molar-refractivity contribution in [3.05, 3.63) is 29.8 Å². The Bertz CT molecular complexity index is 516. The molecule has 0 atom stereocenters. The largest absolute Gasteiger partial charge is 0.451 e. The summed E-state index contributed by atoms with van der Waals surface area (Å²) in [6.07, 6.45) is 0. The first-order valence-corrected chi connectivity index (χ1v) is 5.75. The van der Waals surface area contributed by atoms with Gasteiger partial charge < -0.3 is 9.47 Å². The van der Waals surface area contributed by atoms with E-state index in [1.54, 1.807) is 18.2 Å². The van der Waals surface area contributed by atoms with Crippen molar-refractivity contribution in [2.24, 2.45) is 0 Å². The van der Waals surface area contributed by atoms with Crippen molar-refractivity contribution in [1.29, 1.82) is 0 Å². The highest BCUT2D eigenvalue weighted by atomic mass is 16.6. The average Bonchev–Trinajstić information content (AvgIpc) is 2.25. The fourth-order valence-corrected chi connectivity index (χ4v) is 1.62. The molecule has 0 radical (unpaired) electrons. The van der Waals surface area contributed by atoms with Gasteiger partial charge in [-0.25, -0.2) is 0 Å². The maximum atomic E-state index is 12.2. The lowest BCUT2D eigenvalue weighted by Gasteiger charge is -2.22. The van der Waals surface area contributed by atoms with Crippen molar-refractivity contribution in [1.82, 2.24) is 0 Å². The fourth-order valence-electron chi connectivity index (χ4n) is 1.62. The molecular formula is C14H16O5. The molecule has 0 heterocycles. The zero-order valence-corrected chi connectivity index (χ0v) is 11.4. The van der Waals surface area contributed by atoms with Crippen LogP contribution in [0.15, 0.2) is 24.3 Å². The molecule has 0 fully saturated rings. The van der Waals surface area contributed by atoms with E-state index >= 15 is 0 Å². The predicted molar refractivity (Wildman–Crippen MR) is 67.9 cm³/mol. The standard InChI is InChI=1S/C14H16O5/c1-9(15)18-12-7-5-6-11(8-12)13(17)14(3,4)19-10(2)16/h5-8H,1-4H3. The van der Waals surface area contributed by atoms with Crippen LogP contribution >= 0.6 is 0 Å². The molecule has 0 saturated heterocycles. The van der Waals surface area contributed by atoms with Crippen LogP contribution in [0.1, 0.15) is 38.1 Å². The highest BCUT2D eigenvalue weighted by molar-refractivity contribution is 6.03. The molecule has 102 valence electrons. The van der Waals surface area contributed by atoms with E-state index in [2.05, 4.69) is 0 Å². The summed E-state index contributed by atoms with van der Waals surface area (Å²) in [5.74, 6) is -1.09. The number of Topliss-reactive ketones (excluding diaryl/α,β-unsaturated/α-hetero) is 1. The molecule has 0 aliphatic rings. The molecule has 5 heteroatoms. The molecule has 0 amide bonds. The van der Waals surface area contributed by atoms with Gasteiger partial charge in [0.1, 0.15) is 5.75 Å². The molecule has 1 aromatic rings. The minimum Gasteiger partial charge on any atom is -0.451 e. The third-order valence-electron chi connectivity index (χ3n) is 2.30. The van der Waals surface area contributed by atoms with E-state index in [4.69, 9.17) is 9.47 Å². The second-order valence-corrected chi connectivity index (χ2v) is 4.55. The van der Waals surface area contributed by atoms with Gasteiger partial charge in [-0.05, 0) is 26.0 Å². The molecule has 1 aromatic carbocycles. The molecular weight excluding hydrogens is 248 g/mol.